The molecule has 1 N–H and O–H groups in total. The third-order valence-corrected chi connectivity index (χ3v) is 5.84. The minimum absolute atomic E-state index is 0.199. The van der Waals surface area contributed by atoms with Gasteiger partial charge in [0, 0.05) is 31.6 Å². The van der Waals surface area contributed by atoms with Crippen LogP contribution in [-0.4, -0.2) is 49.4 Å². The maximum atomic E-state index is 12.9. The average molecular weight is 441 g/mol. The van der Waals surface area contributed by atoms with Gasteiger partial charge in [-0.15, -0.1) is 0 Å². The number of amides is 2. The zero-order valence-corrected chi connectivity index (χ0v) is 19.5. The predicted octanol–water partition coefficient (Wildman–Crippen LogP) is 4.30. The number of hydrogen-bond donors (Lipinski definition) is 1. The molecule has 2 aliphatic carbocycles. The summed E-state index contributed by atoms with van der Waals surface area (Å²) in [5.74, 6) is -1.87. The summed E-state index contributed by atoms with van der Waals surface area (Å²) in [6.07, 6.45) is 5.84. The lowest BCUT2D eigenvalue weighted by molar-refractivity contribution is -0.221. The lowest BCUT2D eigenvalue weighted by atomic mass is 9.67. The van der Waals surface area contributed by atoms with E-state index in [-0.39, 0.29) is 17.7 Å². The maximum absolute atomic E-state index is 12.9. The van der Waals surface area contributed by atoms with E-state index in [1.807, 2.05) is 52.0 Å². The monoisotopic (exact) mass is 440 g/mol. The molecule has 172 valence electrons. The molecular formula is C25H32N2O5. The molecule has 0 bridgehead atoms. The van der Waals surface area contributed by atoms with Crippen molar-refractivity contribution >= 4 is 17.7 Å². The highest BCUT2D eigenvalue weighted by molar-refractivity contribution is 6.10. The SMILES string of the molecule is COC1(OC)C(C)=CC(=NC(=O)c2ccccc2)[C@@H]2[C@H](NC(=O)OC(C)(C)C)C=CC[C@@H]21. The van der Waals surface area contributed by atoms with Crippen LogP contribution in [0.3, 0.4) is 0 Å². The summed E-state index contributed by atoms with van der Waals surface area (Å²) in [7, 11) is 3.20. The number of ether oxygens (including phenoxy) is 3. The minimum atomic E-state index is -0.988. The quantitative estimate of drug-likeness (QED) is 0.557. The lowest BCUT2D eigenvalue weighted by Gasteiger charge is -2.49. The van der Waals surface area contributed by atoms with Crippen LogP contribution in [0.25, 0.3) is 0 Å². The maximum Gasteiger partial charge on any atom is 0.408 e. The second-order valence-electron chi connectivity index (χ2n) is 9.08. The van der Waals surface area contributed by atoms with Gasteiger partial charge in [0.25, 0.3) is 5.91 Å². The smallest absolute Gasteiger partial charge is 0.408 e. The molecule has 2 aliphatic rings. The Kier molecular flexibility index (Phi) is 7.00. The molecule has 3 rings (SSSR count). The van der Waals surface area contributed by atoms with E-state index in [1.165, 1.54) is 0 Å². The Hall–Kier alpha value is -2.77. The van der Waals surface area contributed by atoms with Crippen LogP contribution in [0.5, 0.6) is 0 Å². The molecule has 32 heavy (non-hydrogen) atoms. The molecule has 0 radical (unpaired) electrons. The number of rotatable bonds is 4. The molecule has 7 nitrogen and oxygen atoms in total. The van der Waals surface area contributed by atoms with Gasteiger partial charge in [-0.05, 0) is 57.9 Å². The standard InChI is InChI=1S/C25H32N2O5/c1-16-15-20(26-22(28)17-11-8-7-9-12-17)21-18(25(16,30-5)31-6)13-10-14-19(21)27-23(29)32-24(2,3)4/h7-12,14-15,18-19,21H,13H2,1-6H3,(H,27,29)/t18-,19+,21-/m0/s1. The molecule has 0 spiro atoms. The number of hydrogen-bond acceptors (Lipinski definition) is 5. The summed E-state index contributed by atoms with van der Waals surface area (Å²) < 4.78 is 17.2. The van der Waals surface area contributed by atoms with E-state index in [9.17, 15) is 9.59 Å². The van der Waals surface area contributed by atoms with E-state index < -0.39 is 23.5 Å². The molecule has 1 aromatic rings. The Morgan fingerprint density at radius 2 is 1.78 bits per heavy atom. The molecular weight excluding hydrogens is 408 g/mol. The summed E-state index contributed by atoms with van der Waals surface area (Å²) in [5.41, 5.74) is 1.26. The van der Waals surface area contributed by atoms with Crippen LogP contribution in [0, 0.1) is 11.8 Å². The number of aliphatic imine (C=N–C) groups is 1. The fourth-order valence-electron chi connectivity index (χ4n) is 4.54. The fraction of sp³-hybridized carbons (Fsp3) is 0.480. The zero-order valence-electron chi connectivity index (χ0n) is 19.5. The summed E-state index contributed by atoms with van der Waals surface area (Å²) in [6.45, 7) is 7.33. The van der Waals surface area contributed by atoms with Crippen molar-refractivity contribution in [1.82, 2.24) is 5.32 Å². The van der Waals surface area contributed by atoms with Gasteiger partial charge in [-0.25, -0.2) is 9.79 Å². The van der Waals surface area contributed by atoms with E-state index in [1.54, 1.807) is 38.5 Å². The normalized spacial score (nSPS) is 25.6. The van der Waals surface area contributed by atoms with Crippen LogP contribution in [0.4, 0.5) is 4.79 Å². The number of methoxy groups -OCH3 is 2. The van der Waals surface area contributed by atoms with E-state index in [0.717, 1.165) is 5.57 Å². The Labute approximate surface area is 189 Å². The molecule has 0 aliphatic heterocycles. The van der Waals surface area contributed by atoms with Crippen LogP contribution in [0.1, 0.15) is 44.5 Å². The van der Waals surface area contributed by atoms with Gasteiger partial charge in [-0.3, -0.25) is 4.79 Å². The number of carbonyl (C=O) groups is 2. The van der Waals surface area contributed by atoms with E-state index >= 15 is 0 Å². The highest BCUT2D eigenvalue weighted by atomic mass is 16.7. The highest BCUT2D eigenvalue weighted by Crippen LogP contribution is 2.45. The first-order valence-corrected chi connectivity index (χ1v) is 10.7. The Balaban J connectivity index is 2.04. The number of fused-ring (bicyclic) bond motifs is 1. The molecule has 0 saturated carbocycles. The Morgan fingerprint density at radius 1 is 1.12 bits per heavy atom. The van der Waals surface area contributed by atoms with Crippen molar-refractivity contribution in [2.24, 2.45) is 16.8 Å². The van der Waals surface area contributed by atoms with Crippen molar-refractivity contribution in [3.63, 3.8) is 0 Å². The molecule has 0 heterocycles. The Bertz CT molecular complexity index is 939. The summed E-state index contributed by atoms with van der Waals surface area (Å²) in [4.78, 5) is 29.9. The van der Waals surface area contributed by atoms with Gasteiger partial charge in [0.1, 0.15) is 5.60 Å². The van der Waals surface area contributed by atoms with Crippen molar-refractivity contribution in [2.75, 3.05) is 14.2 Å². The van der Waals surface area contributed by atoms with Crippen LogP contribution in [0.2, 0.25) is 0 Å². The first-order chi connectivity index (χ1) is 15.1. The van der Waals surface area contributed by atoms with Crippen LogP contribution in [-0.2, 0) is 14.2 Å². The fourth-order valence-corrected chi connectivity index (χ4v) is 4.54. The Morgan fingerprint density at radius 3 is 2.38 bits per heavy atom. The van der Waals surface area contributed by atoms with Gasteiger partial charge in [-0.1, -0.05) is 30.4 Å². The molecule has 0 saturated heterocycles. The van der Waals surface area contributed by atoms with Gasteiger partial charge >= 0.3 is 6.09 Å². The molecule has 1 aromatic carbocycles. The summed E-state index contributed by atoms with van der Waals surface area (Å²) >= 11 is 0. The van der Waals surface area contributed by atoms with Crippen molar-refractivity contribution in [1.29, 1.82) is 0 Å². The van der Waals surface area contributed by atoms with Gasteiger partial charge < -0.3 is 19.5 Å². The molecule has 2 amide bonds. The van der Waals surface area contributed by atoms with E-state index in [0.29, 0.717) is 17.7 Å². The largest absolute Gasteiger partial charge is 0.444 e. The van der Waals surface area contributed by atoms with Crippen LogP contribution in [0.15, 0.2) is 59.1 Å². The molecule has 0 fully saturated rings. The number of nitrogens with zero attached hydrogens (tertiary/aromatic N) is 1. The number of benzene rings is 1. The first kappa shape index (κ1) is 23.9. The minimum Gasteiger partial charge on any atom is -0.444 e. The number of carbonyl (C=O) groups excluding carboxylic acids is 2. The lowest BCUT2D eigenvalue weighted by Crippen LogP contribution is -2.58. The van der Waals surface area contributed by atoms with Gasteiger partial charge in [-0.2, -0.15) is 0 Å². The predicted molar refractivity (Wildman–Crippen MR) is 123 cm³/mol. The van der Waals surface area contributed by atoms with Crippen molar-refractivity contribution < 1.29 is 23.8 Å². The molecule has 0 unspecified atom stereocenters. The molecule has 3 atom stereocenters. The van der Waals surface area contributed by atoms with Crippen molar-refractivity contribution in [3.8, 4) is 0 Å². The second kappa shape index (κ2) is 9.38. The number of allylic oxidation sites excluding steroid dienone is 2. The summed E-state index contributed by atoms with van der Waals surface area (Å²) in [6, 6.07) is 8.47. The molecule has 7 heteroatoms. The topological polar surface area (TPSA) is 86.2 Å². The third-order valence-electron chi connectivity index (χ3n) is 5.84. The zero-order chi connectivity index (χ0) is 23.5. The highest BCUT2D eigenvalue weighted by Gasteiger charge is 2.52. The second-order valence-corrected chi connectivity index (χ2v) is 9.08. The van der Waals surface area contributed by atoms with E-state index in [4.69, 9.17) is 14.2 Å². The summed E-state index contributed by atoms with van der Waals surface area (Å²) in [5, 5.41) is 2.94. The van der Waals surface area contributed by atoms with Gasteiger partial charge in [0.05, 0.1) is 11.8 Å². The van der Waals surface area contributed by atoms with Crippen LogP contribution >= 0.6 is 0 Å². The van der Waals surface area contributed by atoms with E-state index in [2.05, 4.69) is 10.3 Å². The van der Waals surface area contributed by atoms with Crippen molar-refractivity contribution in [3.05, 3.63) is 59.7 Å². The first-order valence-electron chi connectivity index (χ1n) is 10.7. The van der Waals surface area contributed by atoms with Gasteiger partial charge in [0.15, 0.2) is 5.79 Å². The van der Waals surface area contributed by atoms with Crippen molar-refractivity contribution in [2.45, 2.75) is 51.5 Å². The van der Waals surface area contributed by atoms with Gasteiger partial charge in [0.2, 0.25) is 0 Å². The molecule has 0 aromatic heterocycles. The number of alkyl carbamates (subject to hydrolysis) is 1. The third kappa shape index (κ3) is 4.84. The number of nitrogens with one attached hydrogen (secondary N) is 1. The van der Waals surface area contributed by atoms with Crippen LogP contribution < -0.4 is 5.32 Å². The average Bonchev–Trinajstić information content (AvgIpc) is 2.73.